The van der Waals surface area contributed by atoms with Gasteiger partial charge >= 0.3 is 0 Å². The number of aromatic nitrogens is 2. The molecule has 0 spiro atoms. The fraction of sp³-hybridized carbons (Fsp3) is 0.158. The minimum atomic E-state index is -0.100. The molecule has 122 valence electrons. The zero-order valence-corrected chi connectivity index (χ0v) is 14.3. The van der Waals surface area contributed by atoms with Crippen molar-refractivity contribution in [3.05, 3.63) is 82.1 Å². The van der Waals surface area contributed by atoms with Crippen LogP contribution in [-0.2, 0) is 6.54 Å². The summed E-state index contributed by atoms with van der Waals surface area (Å²) in [5, 5.41) is 8.00. The van der Waals surface area contributed by atoms with Crippen molar-refractivity contribution < 1.29 is 4.79 Å². The Labute approximate surface area is 146 Å². The third-order valence-electron chi connectivity index (χ3n) is 3.87. The number of halogens is 1. The monoisotopic (exact) mass is 339 g/mol. The highest BCUT2D eigenvalue weighted by atomic mass is 35.5. The van der Waals surface area contributed by atoms with Gasteiger partial charge in [-0.3, -0.25) is 4.79 Å². The second-order valence-corrected chi connectivity index (χ2v) is 5.99. The lowest BCUT2D eigenvalue weighted by atomic mass is 10.1. The molecule has 3 rings (SSSR count). The number of aryl methyl sites for hydroxylation is 1. The van der Waals surface area contributed by atoms with Crippen molar-refractivity contribution in [2.24, 2.45) is 0 Å². The molecule has 0 aliphatic rings. The van der Waals surface area contributed by atoms with Gasteiger partial charge in [0.25, 0.3) is 5.91 Å². The molecule has 1 amide bonds. The third kappa shape index (κ3) is 3.34. The van der Waals surface area contributed by atoms with Crippen molar-refractivity contribution in [2.45, 2.75) is 20.4 Å². The van der Waals surface area contributed by atoms with E-state index in [1.807, 2.05) is 56.3 Å². The fourth-order valence-electron chi connectivity index (χ4n) is 2.51. The summed E-state index contributed by atoms with van der Waals surface area (Å²) in [5.74, 6) is -0.100. The van der Waals surface area contributed by atoms with Gasteiger partial charge in [-0.2, -0.15) is 5.10 Å². The number of rotatable bonds is 4. The molecule has 0 atom stereocenters. The zero-order valence-electron chi connectivity index (χ0n) is 13.6. The lowest BCUT2D eigenvalue weighted by Crippen LogP contribution is -2.22. The summed E-state index contributed by atoms with van der Waals surface area (Å²) < 4.78 is 1.78. The number of nitrogens with one attached hydrogen (secondary N) is 1. The lowest BCUT2D eigenvalue weighted by Gasteiger charge is -2.08. The maximum absolute atomic E-state index is 12.2. The van der Waals surface area contributed by atoms with Gasteiger partial charge < -0.3 is 5.32 Å². The smallest absolute Gasteiger partial charge is 0.251 e. The van der Waals surface area contributed by atoms with Crippen LogP contribution in [0.2, 0.25) is 5.02 Å². The Morgan fingerprint density at radius 2 is 1.75 bits per heavy atom. The van der Waals surface area contributed by atoms with E-state index in [0.29, 0.717) is 17.1 Å². The first kappa shape index (κ1) is 16.3. The summed E-state index contributed by atoms with van der Waals surface area (Å²) in [7, 11) is 0. The molecule has 0 radical (unpaired) electrons. The maximum Gasteiger partial charge on any atom is 0.251 e. The number of benzene rings is 2. The molecule has 0 saturated carbocycles. The molecule has 0 bridgehead atoms. The van der Waals surface area contributed by atoms with Crippen LogP contribution in [0.1, 0.15) is 27.3 Å². The Morgan fingerprint density at radius 3 is 2.33 bits per heavy atom. The van der Waals surface area contributed by atoms with Crippen LogP contribution in [0.5, 0.6) is 0 Å². The third-order valence-corrected chi connectivity index (χ3v) is 4.42. The summed E-state index contributed by atoms with van der Waals surface area (Å²) in [6, 6.07) is 17.1. The highest BCUT2D eigenvalue weighted by molar-refractivity contribution is 6.31. The quantitative estimate of drug-likeness (QED) is 0.778. The van der Waals surface area contributed by atoms with Crippen LogP contribution in [0.3, 0.4) is 0 Å². The number of hydrogen-bond acceptors (Lipinski definition) is 2. The van der Waals surface area contributed by atoms with Gasteiger partial charge in [-0.1, -0.05) is 41.9 Å². The molecular weight excluding hydrogens is 322 g/mol. The van der Waals surface area contributed by atoms with Gasteiger partial charge in [0.1, 0.15) is 0 Å². The molecule has 0 fully saturated rings. The van der Waals surface area contributed by atoms with Gasteiger partial charge in [0.15, 0.2) is 0 Å². The first-order valence-corrected chi connectivity index (χ1v) is 8.08. The summed E-state index contributed by atoms with van der Waals surface area (Å²) >= 11 is 6.18. The van der Waals surface area contributed by atoms with Crippen molar-refractivity contribution in [1.82, 2.24) is 15.1 Å². The molecule has 0 saturated heterocycles. The van der Waals surface area contributed by atoms with Crippen LogP contribution in [0.15, 0.2) is 54.6 Å². The average molecular weight is 340 g/mol. The number of hydrogen-bond donors (Lipinski definition) is 1. The summed E-state index contributed by atoms with van der Waals surface area (Å²) in [6.45, 7) is 4.30. The van der Waals surface area contributed by atoms with Crippen molar-refractivity contribution >= 4 is 17.5 Å². The van der Waals surface area contributed by atoms with Crippen LogP contribution in [0, 0.1) is 13.8 Å². The summed E-state index contributed by atoms with van der Waals surface area (Å²) in [4.78, 5) is 12.2. The molecule has 0 aliphatic carbocycles. The molecule has 5 heteroatoms. The van der Waals surface area contributed by atoms with Gasteiger partial charge in [0.05, 0.1) is 22.1 Å². The van der Waals surface area contributed by atoms with Gasteiger partial charge in [-0.15, -0.1) is 0 Å². The largest absolute Gasteiger partial charge is 0.348 e. The molecule has 1 N–H and O–H groups in total. The molecule has 4 nitrogen and oxygen atoms in total. The molecule has 0 unspecified atom stereocenters. The Balaban J connectivity index is 1.72. The second kappa shape index (κ2) is 6.89. The van der Waals surface area contributed by atoms with Crippen molar-refractivity contribution in [1.29, 1.82) is 0 Å². The van der Waals surface area contributed by atoms with Crippen LogP contribution >= 0.6 is 11.6 Å². The predicted octanol–water partition coefficient (Wildman–Crippen LogP) is 4.07. The van der Waals surface area contributed by atoms with Crippen LogP contribution in [0.25, 0.3) is 5.69 Å². The van der Waals surface area contributed by atoms with Gasteiger partial charge in [0.2, 0.25) is 0 Å². The van der Waals surface area contributed by atoms with E-state index in [4.69, 9.17) is 11.6 Å². The van der Waals surface area contributed by atoms with E-state index >= 15 is 0 Å². The topological polar surface area (TPSA) is 46.9 Å². The van der Waals surface area contributed by atoms with Gasteiger partial charge in [-0.25, -0.2) is 4.68 Å². The summed E-state index contributed by atoms with van der Waals surface area (Å²) in [6.07, 6.45) is 0. The number of carbonyl (C=O) groups is 1. The predicted molar refractivity (Wildman–Crippen MR) is 95.7 cm³/mol. The van der Waals surface area contributed by atoms with E-state index in [1.165, 1.54) is 0 Å². The minimum absolute atomic E-state index is 0.100. The molecular formula is C19H18ClN3O. The molecule has 1 aromatic heterocycles. The normalized spacial score (nSPS) is 10.6. The fourth-order valence-corrected chi connectivity index (χ4v) is 2.63. The molecule has 3 aromatic rings. The highest BCUT2D eigenvalue weighted by Gasteiger charge is 2.11. The Kier molecular flexibility index (Phi) is 4.67. The maximum atomic E-state index is 12.2. The zero-order chi connectivity index (χ0) is 17.1. The first-order chi connectivity index (χ1) is 11.6. The van der Waals surface area contributed by atoms with Crippen LogP contribution in [0.4, 0.5) is 0 Å². The second-order valence-electron chi connectivity index (χ2n) is 5.61. The van der Waals surface area contributed by atoms with Gasteiger partial charge in [-0.05, 0) is 43.7 Å². The lowest BCUT2D eigenvalue weighted by molar-refractivity contribution is 0.0951. The van der Waals surface area contributed by atoms with E-state index in [-0.39, 0.29) is 5.91 Å². The van der Waals surface area contributed by atoms with Gasteiger partial charge in [0, 0.05) is 12.1 Å². The number of amides is 1. The number of carbonyl (C=O) groups excluding carboxylic acids is 1. The first-order valence-electron chi connectivity index (χ1n) is 7.70. The standard InChI is InChI=1S/C19H18ClN3O/c1-13-18(20)14(2)23(22-13)17-10-8-16(9-11-17)19(24)21-12-15-6-4-3-5-7-15/h3-11H,12H2,1-2H3,(H,21,24). The van der Waals surface area contributed by atoms with Crippen LogP contribution < -0.4 is 5.32 Å². The number of nitrogens with zero attached hydrogens (tertiary/aromatic N) is 2. The van der Waals surface area contributed by atoms with E-state index in [9.17, 15) is 4.79 Å². The SMILES string of the molecule is Cc1nn(-c2ccc(C(=O)NCc3ccccc3)cc2)c(C)c1Cl. The molecule has 1 heterocycles. The van der Waals surface area contributed by atoms with Crippen molar-refractivity contribution in [3.63, 3.8) is 0 Å². The molecule has 24 heavy (non-hydrogen) atoms. The summed E-state index contributed by atoms with van der Waals surface area (Å²) in [5.41, 5.74) is 4.23. The van der Waals surface area contributed by atoms with Crippen molar-refractivity contribution in [3.8, 4) is 5.69 Å². The van der Waals surface area contributed by atoms with E-state index in [1.54, 1.807) is 16.8 Å². The van der Waals surface area contributed by atoms with E-state index in [2.05, 4.69) is 10.4 Å². The van der Waals surface area contributed by atoms with E-state index in [0.717, 1.165) is 22.6 Å². The Morgan fingerprint density at radius 1 is 1.08 bits per heavy atom. The molecule has 2 aromatic carbocycles. The van der Waals surface area contributed by atoms with Crippen molar-refractivity contribution in [2.75, 3.05) is 0 Å². The Bertz CT molecular complexity index is 854. The average Bonchev–Trinajstić information content (AvgIpc) is 2.88. The minimum Gasteiger partial charge on any atom is -0.348 e. The Hall–Kier alpha value is -2.59. The van der Waals surface area contributed by atoms with Crippen LogP contribution in [-0.4, -0.2) is 15.7 Å². The highest BCUT2D eigenvalue weighted by Crippen LogP contribution is 2.22. The van der Waals surface area contributed by atoms with E-state index < -0.39 is 0 Å². The molecule has 0 aliphatic heterocycles.